The maximum Gasteiger partial charge on any atom is -0.00489 e. The fourth-order valence-corrected chi connectivity index (χ4v) is 2.33. The Bertz CT molecular complexity index is 135. The van der Waals surface area contributed by atoms with Crippen LogP contribution in [0.5, 0.6) is 0 Å². The lowest BCUT2D eigenvalue weighted by atomic mass is 10.1. The molecule has 5 N–H and O–H groups in total. The SMILES string of the molecule is NCCCCCCCCNCCCCCCCCN. The molecule has 0 fully saturated rings. The minimum atomic E-state index is 0.855. The van der Waals surface area contributed by atoms with Gasteiger partial charge >= 0.3 is 0 Å². The summed E-state index contributed by atoms with van der Waals surface area (Å²) < 4.78 is 0. The number of rotatable bonds is 16. The van der Waals surface area contributed by atoms with Crippen LogP contribution in [0.3, 0.4) is 0 Å². The van der Waals surface area contributed by atoms with Crippen molar-refractivity contribution in [2.75, 3.05) is 26.2 Å². The van der Waals surface area contributed by atoms with Crippen LogP contribution in [0.1, 0.15) is 77.0 Å². The molecule has 0 aromatic rings. The molecular formula is C16H37N3. The topological polar surface area (TPSA) is 64.1 Å². The summed E-state index contributed by atoms with van der Waals surface area (Å²) >= 11 is 0. The van der Waals surface area contributed by atoms with Crippen molar-refractivity contribution in [2.24, 2.45) is 11.5 Å². The van der Waals surface area contributed by atoms with E-state index in [2.05, 4.69) is 5.32 Å². The molecule has 0 rings (SSSR count). The van der Waals surface area contributed by atoms with E-state index in [9.17, 15) is 0 Å². The zero-order valence-electron chi connectivity index (χ0n) is 13.0. The summed E-state index contributed by atoms with van der Waals surface area (Å²) in [6.07, 6.45) is 15.9. The van der Waals surface area contributed by atoms with E-state index in [-0.39, 0.29) is 0 Å². The van der Waals surface area contributed by atoms with Crippen molar-refractivity contribution in [3.8, 4) is 0 Å². The van der Waals surface area contributed by atoms with E-state index in [4.69, 9.17) is 11.5 Å². The van der Waals surface area contributed by atoms with Gasteiger partial charge in [-0.1, -0.05) is 51.4 Å². The average molecular weight is 271 g/mol. The fraction of sp³-hybridized carbons (Fsp3) is 1.00. The number of hydrogen-bond donors (Lipinski definition) is 3. The van der Waals surface area contributed by atoms with E-state index in [1.807, 2.05) is 0 Å². The van der Waals surface area contributed by atoms with E-state index in [0.717, 1.165) is 13.1 Å². The van der Waals surface area contributed by atoms with Gasteiger partial charge in [0.15, 0.2) is 0 Å². The highest BCUT2D eigenvalue weighted by Crippen LogP contribution is 2.05. The van der Waals surface area contributed by atoms with Gasteiger partial charge in [-0.3, -0.25) is 0 Å². The van der Waals surface area contributed by atoms with Gasteiger partial charge in [0, 0.05) is 0 Å². The predicted octanol–water partition coefficient (Wildman–Crippen LogP) is 3.17. The van der Waals surface area contributed by atoms with E-state index in [1.165, 1.54) is 90.1 Å². The summed E-state index contributed by atoms with van der Waals surface area (Å²) in [5, 5.41) is 3.55. The van der Waals surface area contributed by atoms with Gasteiger partial charge in [-0.15, -0.1) is 0 Å². The van der Waals surface area contributed by atoms with Crippen molar-refractivity contribution >= 4 is 0 Å². The van der Waals surface area contributed by atoms with Gasteiger partial charge in [-0.05, 0) is 51.9 Å². The second kappa shape index (κ2) is 17.9. The number of nitrogens with one attached hydrogen (secondary N) is 1. The molecule has 0 heterocycles. The van der Waals surface area contributed by atoms with Gasteiger partial charge in [-0.25, -0.2) is 0 Å². The molecule has 0 atom stereocenters. The fourth-order valence-electron chi connectivity index (χ4n) is 2.33. The first-order valence-electron chi connectivity index (χ1n) is 8.52. The van der Waals surface area contributed by atoms with Crippen LogP contribution in [-0.4, -0.2) is 26.2 Å². The van der Waals surface area contributed by atoms with Crippen LogP contribution in [0.15, 0.2) is 0 Å². The summed E-state index contributed by atoms with van der Waals surface area (Å²) in [5.74, 6) is 0. The van der Waals surface area contributed by atoms with Crippen molar-refractivity contribution in [1.29, 1.82) is 0 Å². The Kier molecular flexibility index (Phi) is 17.8. The predicted molar refractivity (Wildman–Crippen MR) is 86.4 cm³/mol. The van der Waals surface area contributed by atoms with Crippen LogP contribution in [-0.2, 0) is 0 Å². The third-order valence-electron chi connectivity index (χ3n) is 3.62. The maximum atomic E-state index is 5.47. The van der Waals surface area contributed by atoms with Crippen LogP contribution in [0.2, 0.25) is 0 Å². The molecule has 0 aliphatic rings. The van der Waals surface area contributed by atoms with Crippen molar-refractivity contribution < 1.29 is 0 Å². The van der Waals surface area contributed by atoms with Crippen molar-refractivity contribution in [1.82, 2.24) is 5.32 Å². The largest absolute Gasteiger partial charge is 0.330 e. The molecule has 0 aromatic carbocycles. The Morgan fingerprint density at radius 2 is 0.737 bits per heavy atom. The van der Waals surface area contributed by atoms with Gasteiger partial charge in [0.05, 0.1) is 0 Å². The van der Waals surface area contributed by atoms with Gasteiger partial charge in [-0.2, -0.15) is 0 Å². The Labute approximate surface area is 120 Å². The Morgan fingerprint density at radius 1 is 0.421 bits per heavy atom. The molecule has 0 aliphatic heterocycles. The molecule has 116 valence electrons. The molecule has 19 heavy (non-hydrogen) atoms. The molecule has 3 heteroatoms. The summed E-state index contributed by atoms with van der Waals surface area (Å²) in [4.78, 5) is 0. The molecule has 0 saturated carbocycles. The normalized spacial score (nSPS) is 11.1. The molecule has 0 aromatic heterocycles. The molecule has 0 unspecified atom stereocenters. The molecule has 0 spiro atoms. The monoisotopic (exact) mass is 271 g/mol. The molecular weight excluding hydrogens is 234 g/mol. The van der Waals surface area contributed by atoms with E-state index in [0.29, 0.717) is 0 Å². The first kappa shape index (κ1) is 18.9. The highest BCUT2D eigenvalue weighted by atomic mass is 14.8. The zero-order chi connectivity index (χ0) is 14.0. The summed E-state index contributed by atoms with van der Waals surface area (Å²) in [7, 11) is 0. The second-order valence-corrected chi connectivity index (χ2v) is 5.57. The van der Waals surface area contributed by atoms with Crippen LogP contribution < -0.4 is 16.8 Å². The van der Waals surface area contributed by atoms with Crippen molar-refractivity contribution in [2.45, 2.75) is 77.0 Å². The highest BCUT2D eigenvalue weighted by Gasteiger charge is 1.93. The third-order valence-corrected chi connectivity index (χ3v) is 3.62. The number of hydrogen-bond acceptors (Lipinski definition) is 3. The van der Waals surface area contributed by atoms with Gasteiger partial charge in [0.1, 0.15) is 0 Å². The number of nitrogens with two attached hydrogens (primary N) is 2. The lowest BCUT2D eigenvalue weighted by Crippen LogP contribution is -2.16. The number of unbranched alkanes of at least 4 members (excludes halogenated alkanes) is 10. The molecule has 0 bridgehead atoms. The van der Waals surface area contributed by atoms with E-state index in [1.54, 1.807) is 0 Å². The first-order chi connectivity index (χ1) is 9.41. The molecule has 0 amide bonds. The molecule has 0 saturated heterocycles. The summed E-state index contributed by atoms with van der Waals surface area (Å²) in [6, 6.07) is 0. The Hall–Kier alpha value is -0.120. The van der Waals surface area contributed by atoms with E-state index >= 15 is 0 Å². The van der Waals surface area contributed by atoms with Crippen LogP contribution in [0.4, 0.5) is 0 Å². The zero-order valence-corrected chi connectivity index (χ0v) is 13.0. The maximum absolute atomic E-state index is 5.47. The lowest BCUT2D eigenvalue weighted by molar-refractivity contribution is 0.540. The quantitative estimate of drug-likeness (QED) is 0.378. The van der Waals surface area contributed by atoms with Gasteiger partial charge in [0.25, 0.3) is 0 Å². The van der Waals surface area contributed by atoms with Gasteiger partial charge < -0.3 is 16.8 Å². The Morgan fingerprint density at radius 3 is 1.11 bits per heavy atom. The van der Waals surface area contributed by atoms with Gasteiger partial charge in [0.2, 0.25) is 0 Å². The minimum Gasteiger partial charge on any atom is -0.330 e. The van der Waals surface area contributed by atoms with Crippen molar-refractivity contribution in [3.63, 3.8) is 0 Å². The first-order valence-corrected chi connectivity index (χ1v) is 8.52. The molecule has 0 aliphatic carbocycles. The van der Waals surface area contributed by atoms with Crippen LogP contribution >= 0.6 is 0 Å². The third kappa shape index (κ3) is 17.9. The van der Waals surface area contributed by atoms with Crippen LogP contribution in [0, 0.1) is 0 Å². The summed E-state index contributed by atoms with van der Waals surface area (Å²) in [5.41, 5.74) is 10.9. The highest BCUT2D eigenvalue weighted by molar-refractivity contribution is 4.52. The second-order valence-electron chi connectivity index (χ2n) is 5.57. The van der Waals surface area contributed by atoms with E-state index < -0.39 is 0 Å². The van der Waals surface area contributed by atoms with Crippen LogP contribution in [0.25, 0.3) is 0 Å². The smallest absolute Gasteiger partial charge is 0.00489 e. The molecule has 0 radical (unpaired) electrons. The lowest BCUT2D eigenvalue weighted by Gasteiger charge is -2.05. The average Bonchev–Trinajstić information content (AvgIpc) is 2.43. The Balaban J connectivity index is 2.88. The molecule has 3 nitrogen and oxygen atoms in total. The standard InChI is InChI=1S/C16H37N3/c17-13-9-5-1-3-7-11-15-19-16-12-8-4-2-6-10-14-18/h19H,1-18H2. The van der Waals surface area contributed by atoms with Crippen molar-refractivity contribution in [3.05, 3.63) is 0 Å². The minimum absolute atomic E-state index is 0.855. The summed E-state index contributed by atoms with van der Waals surface area (Å²) in [6.45, 7) is 4.11.